The zero-order chi connectivity index (χ0) is 17.5. The Labute approximate surface area is 142 Å². The Morgan fingerprint density at radius 2 is 2.12 bits per heavy atom. The van der Waals surface area contributed by atoms with Crippen LogP contribution in [0.3, 0.4) is 0 Å². The Hall–Kier alpha value is -2.42. The van der Waals surface area contributed by atoms with Gasteiger partial charge in [0.15, 0.2) is 0 Å². The van der Waals surface area contributed by atoms with Crippen molar-refractivity contribution in [1.82, 2.24) is 20.3 Å². The molecule has 2 N–H and O–H groups in total. The SMILES string of the molecule is CSCC[C@@H](C(=O)NCCC(=O)O)n1nnc2ccccc2c1=O. The maximum Gasteiger partial charge on any atom is 0.305 e. The van der Waals surface area contributed by atoms with Gasteiger partial charge in [0.25, 0.3) is 5.56 Å². The van der Waals surface area contributed by atoms with Crippen LogP contribution in [0.1, 0.15) is 18.9 Å². The summed E-state index contributed by atoms with van der Waals surface area (Å²) in [5, 5.41) is 19.5. The van der Waals surface area contributed by atoms with Crippen molar-refractivity contribution in [3.8, 4) is 0 Å². The molecule has 1 aromatic carbocycles. The molecule has 2 aromatic rings. The third kappa shape index (κ3) is 4.31. The third-order valence-corrected chi connectivity index (χ3v) is 4.07. The summed E-state index contributed by atoms with van der Waals surface area (Å²) >= 11 is 1.54. The molecule has 1 atom stereocenters. The van der Waals surface area contributed by atoms with E-state index in [2.05, 4.69) is 15.6 Å². The van der Waals surface area contributed by atoms with Crippen molar-refractivity contribution in [3.63, 3.8) is 0 Å². The van der Waals surface area contributed by atoms with Gasteiger partial charge in [0.1, 0.15) is 11.6 Å². The van der Waals surface area contributed by atoms with Crippen molar-refractivity contribution in [1.29, 1.82) is 0 Å². The summed E-state index contributed by atoms with van der Waals surface area (Å²) < 4.78 is 1.08. The largest absolute Gasteiger partial charge is 0.481 e. The molecule has 0 unspecified atom stereocenters. The Balaban J connectivity index is 2.30. The zero-order valence-corrected chi connectivity index (χ0v) is 14.0. The number of carboxylic acid groups (broad SMARTS) is 1. The van der Waals surface area contributed by atoms with Crippen LogP contribution in [0, 0.1) is 0 Å². The summed E-state index contributed by atoms with van der Waals surface area (Å²) in [4.78, 5) is 35.5. The molecule has 2 rings (SSSR count). The Morgan fingerprint density at radius 3 is 2.83 bits per heavy atom. The molecule has 0 aliphatic carbocycles. The van der Waals surface area contributed by atoms with Gasteiger partial charge in [0.05, 0.1) is 11.8 Å². The number of thioether (sulfide) groups is 1. The van der Waals surface area contributed by atoms with E-state index in [4.69, 9.17) is 5.11 Å². The van der Waals surface area contributed by atoms with Crippen LogP contribution in [0.15, 0.2) is 29.1 Å². The van der Waals surface area contributed by atoms with E-state index in [1.165, 1.54) is 0 Å². The molecule has 0 saturated carbocycles. The number of carbonyl (C=O) groups excluding carboxylic acids is 1. The molecule has 128 valence electrons. The Morgan fingerprint density at radius 1 is 1.38 bits per heavy atom. The third-order valence-electron chi connectivity index (χ3n) is 3.42. The van der Waals surface area contributed by atoms with Crippen LogP contribution in [0.4, 0.5) is 0 Å². The molecule has 0 saturated heterocycles. The van der Waals surface area contributed by atoms with Gasteiger partial charge in [-0.25, -0.2) is 0 Å². The number of hydrogen-bond donors (Lipinski definition) is 2. The predicted octanol–water partition coefficient (Wildman–Crippen LogP) is 0.677. The quantitative estimate of drug-likeness (QED) is 0.719. The van der Waals surface area contributed by atoms with Gasteiger partial charge in [0.2, 0.25) is 5.91 Å². The first kappa shape index (κ1) is 17.9. The highest BCUT2D eigenvalue weighted by Gasteiger charge is 2.23. The van der Waals surface area contributed by atoms with Crippen molar-refractivity contribution >= 4 is 34.5 Å². The van der Waals surface area contributed by atoms with Crippen LogP contribution in [-0.4, -0.2) is 50.5 Å². The highest BCUT2D eigenvalue weighted by atomic mass is 32.2. The van der Waals surface area contributed by atoms with Gasteiger partial charge in [-0.3, -0.25) is 14.4 Å². The first-order chi connectivity index (χ1) is 11.5. The summed E-state index contributed by atoms with van der Waals surface area (Å²) in [7, 11) is 0. The van der Waals surface area contributed by atoms with Crippen molar-refractivity contribution in [2.75, 3.05) is 18.6 Å². The molecular formula is C15H18N4O4S. The van der Waals surface area contributed by atoms with Crippen LogP contribution in [0.2, 0.25) is 0 Å². The van der Waals surface area contributed by atoms with Crippen LogP contribution in [-0.2, 0) is 9.59 Å². The second-order valence-electron chi connectivity index (χ2n) is 5.09. The standard InChI is InChI=1S/C15H18N4O4S/c1-24-9-7-12(14(22)16-8-6-13(20)21)19-15(23)10-4-2-3-5-11(10)17-18-19/h2-5,12H,6-9H2,1H3,(H,16,22)(H,20,21)/t12-/m0/s1. The van der Waals surface area contributed by atoms with E-state index in [9.17, 15) is 14.4 Å². The summed E-state index contributed by atoms with van der Waals surface area (Å²) in [6.07, 6.45) is 2.11. The number of aromatic nitrogens is 3. The minimum Gasteiger partial charge on any atom is -0.481 e. The number of amides is 1. The van der Waals surface area contributed by atoms with Crippen molar-refractivity contribution in [2.45, 2.75) is 18.9 Å². The monoisotopic (exact) mass is 350 g/mol. The number of rotatable bonds is 8. The number of carboxylic acids is 1. The maximum absolute atomic E-state index is 12.6. The molecule has 1 aromatic heterocycles. The second kappa shape index (κ2) is 8.44. The molecule has 0 aliphatic rings. The van der Waals surface area contributed by atoms with Crippen molar-refractivity contribution in [2.24, 2.45) is 0 Å². The van der Waals surface area contributed by atoms with E-state index >= 15 is 0 Å². The van der Waals surface area contributed by atoms with E-state index in [1.54, 1.807) is 36.0 Å². The normalized spacial score (nSPS) is 12.0. The van der Waals surface area contributed by atoms with Gasteiger partial charge in [-0.05, 0) is 30.6 Å². The molecular weight excluding hydrogens is 332 g/mol. The smallest absolute Gasteiger partial charge is 0.305 e. The van der Waals surface area contributed by atoms with Gasteiger partial charge in [-0.1, -0.05) is 17.3 Å². The molecule has 0 spiro atoms. The number of hydrogen-bond acceptors (Lipinski definition) is 6. The number of aliphatic carboxylic acids is 1. The molecule has 8 nitrogen and oxygen atoms in total. The lowest BCUT2D eigenvalue weighted by molar-refractivity contribution is -0.137. The van der Waals surface area contributed by atoms with Gasteiger partial charge in [-0.15, -0.1) is 5.10 Å². The highest BCUT2D eigenvalue weighted by molar-refractivity contribution is 7.98. The number of carbonyl (C=O) groups is 2. The van der Waals surface area contributed by atoms with Crippen LogP contribution in [0.5, 0.6) is 0 Å². The predicted molar refractivity (Wildman–Crippen MR) is 91.1 cm³/mol. The summed E-state index contributed by atoms with van der Waals surface area (Å²) in [5.74, 6) is -0.784. The average molecular weight is 350 g/mol. The lowest BCUT2D eigenvalue weighted by atomic mass is 10.2. The van der Waals surface area contributed by atoms with Crippen molar-refractivity contribution < 1.29 is 14.7 Å². The molecule has 0 radical (unpaired) electrons. The molecule has 9 heteroatoms. The van der Waals surface area contributed by atoms with E-state index in [0.29, 0.717) is 23.1 Å². The van der Waals surface area contributed by atoms with Crippen LogP contribution >= 0.6 is 11.8 Å². The maximum atomic E-state index is 12.6. The first-order valence-corrected chi connectivity index (χ1v) is 8.76. The van der Waals surface area contributed by atoms with E-state index < -0.39 is 17.9 Å². The minimum atomic E-state index is -1.00. The minimum absolute atomic E-state index is 0.000303. The van der Waals surface area contributed by atoms with Crippen LogP contribution < -0.4 is 10.9 Å². The van der Waals surface area contributed by atoms with Gasteiger partial charge < -0.3 is 10.4 Å². The fraction of sp³-hybridized carbons (Fsp3) is 0.400. The summed E-state index contributed by atoms with van der Waals surface area (Å²) in [6, 6.07) is 5.97. The number of benzene rings is 1. The van der Waals surface area contributed by atoms with Gasteiger partial charge in [-0.2, -0.15) is 16.4 Å². The summed E-state index contributed by atoms with van der Waals surface area (Å²) in [5.41, 5.74) is 0.0775. The Kier molecular flexibility index (Phi) is 6.30. The van der Waals surface area contributed by atoms with E-state index in [-0.39, 0.29) is 18.5 Å². The van der Waals surface area contributed by atoms with Gasteiger partial charge >= 0.3 is 5.97 Å². The van der Waals surface area contributed by atoms with E-state index in [0.717, 1.165) is 4.68 Å². The molecule has 0 aliphatic heterocycles. The highest BCUT2D eigenvalue weighted by Crippen LogP contribution is 2.13. The lowest BCUT2D eigenvalue weighted by Gasteiger charge is -2.17. The fourth-order valence-corrected chi connectivity index (χ4v) is 2.67. The lowest BCUT2D eigenvalue weighted by Crippen LogP contribution is -2.40. The van der Waals surface area contributed by atoms with Crippen LogP contribution in [0.25, 0.3) is 10.9 Å². The zero-order valence-electron chi connectivity index (χ0n) is 13.1. The first-order valence-electron chi connectivity index (χ1n) is 7.37. The number of fused-ring (bicyclic) bond motifs is 1. The molecule has 24 heavy (non-hydrogen) atoms. The number of nitrogens with one attached hydrogen (secondary N) is 1. The molecule has 1 heterocycles. The molecule has 1 amide bonds. The number of nitrogens with zero attached hydrogens (tertiary/aromatic N) is 3. The van der Waals surface area contributed by atoms with Crippen molar-refractivity contribution in [3.05, 3.63) is 34.6 Å². The summed E-state index contributed by atoms with van der Waals surface area (Å²) in [6.45, 7) is -0.000303. The second-order valence-corrected chi connectivity index (χ2v) is 6.07. The topological polar surface area (TPSA) is 114 Å². The Bertz CT molecular complexity index is 792. The fourth-order valence-electron chi connectivity index (χ4n) is 2.21. The molecule has 0 fully saturated rings. The average Bonchev–Trinajstić information content (AvgIpc) is 2.57. The van der Waals surface area contributed by atoms with E-state index in [1.807, 2.05) is 6.26 Å². The van der Waals surface area contributed by atoms with Gasteiger partial charge in [0, 0.05) is 6.54 Å². The molecule has 0 bridgehead atoms.